The van der Waals surface area contributed by atoms with E-state index in [0.717, 1.165) is 21.3 Å². The maximum Gasteiger partial charge on any atom is 0.416 e. The van der Waals surface area contributed by atoms with Crippen LogP contribution in [0.1, 0.15) is 18.4 Å². The van der Waals surface area contributed by atoms with Crippen LogP contribution in [-0.4, -0.2) is 73.8 Å². The number of carbonyl (C=O) groups excluding carboxylic acids is 2. The quantitative estimate of drug-likeness (QED) is 0.359. The fourth-order valence-electron chi connectivity index (χ4n) is 4.51. The highest BCUT2D eigenvalue weighted by Gasteiger charge is 2.46. The molecule has 4 rings (SSSR count). The molecule has 0 radical (unpaired) electrons. The zero-order chi connectivity index (χ0) is 30.2. The molecule has 2 fully saturated rings. The summed E-state index contributed by atoms with van der Waals surface area (Å²) in [5.41, 5.74) is -3.74. The highest BCUT2D eigenvalue weighted by atomic mass is 35.5. The molecule has 2 aliphatic heterocycles. The summed E-state index contributed by atoms with van der Waals surface area (Å²) in [6, 6.07) is 7.96. The van der Waals surface area contributed by atoms with Gasteiger partial charge in [-0.05, 0) is 24.3 Å². The van der Waals surface area contributed by atoms with Crippen molar-refractivity contribution in [3.8, 4) is 11.1 Å². The fraction of sp³-hybridized carbons (Fsp3) is 0.385. The van der Waals surface area contributed by atoms with Gasteiger partial charge in [0.15, 0.2) is 5.67 Å². The Kier molecular flexibility index (Phi) is 8.50. The molecule has 2 aliphatic rings. The fourth-order valence-corrected chi connectivity index (χ4v) is 6.38. The predicted octanol–water partition coefficient (Wildman–Crippen LogP) is 4.67. The number of hydrogen-bond acceptors (Lipinski definition) is 4. The van der Waals surface area contributed by atoms with Gasteiger partial charge in [0.2, 0.25) is 15.9 Å². The van der Waals surface area contributed by atoms with E-state index in [1.54, 1.807) is 0 Å². The second-order valence-electron chi connectivity index (χ2n) is 9.72. The molecule has 2 aromatic carbocycles. The van der Waals surface area contributed by atoms with Gasteiger partial charge < -0.3 is 10.2 Å². The van der Waals surface area contributed by atoms with E-state index in [1.165, 1.54) is 30.3 Å². The molecule has 2 saturated heterocycles. The SMILES string of the molecule is O=C(/C=C\CNC(=O)C1(F)CCN(S(=O)(=O)c2ccc(C(F)(F)F)cc2-c2ccccc2Cl)CC1)N1CC(F)(F)C1. The Morgan fingerprint density at radius 1 is 1.00 bits per heavy atom. The van der Waals surface area contributed by atoms with Gasteiger partial charge in [0.25, 0.3) is 11.8 Å². The minimum atomic E-state index is -4.75. The monoisotopic (exact) mass is 623 g/mol. The van der Waals surface area contributed by atoms with Crippen molar-refractivity contribution in [3.63, 3.8) is 0 Å². The number of amides is 2. The van der Waals surface area contributed by atoms with E-state index in [4.69, 9.17) is 11.6 Å². The molecular formula is C26H24ClF6N3O4S. The molecular weight excluding hydrogens is 600 g/mol. The van der Waals surface area contributed by atoms with E-state index in [9.17, 15) is 40.0 Å². The van der Waals surface area contributed by atoms with Crippen molar-refractivity contribution in [2.24, 2.45) is 0 Å². The molecule has 41 heavy (non-hydrogen) atoms. The molecule has 0 spiro atoms. The van der Waals surface area contributed by atoms with Crippen molar-refractivity contribution < 1.29 is 44.3 Å². The first-order chi connectivity index (χ1) is 19.0. The third kappa shape index (κ3) is 6.70. The largest absolute Gasteiger partial charge is 0.416 e. The van der Waals surface area contributed by atoms with Crippen LogP contribution in [0.4, 0.5) is 26.3 Å². The maximum atomic E-state index is 15.4. The summed E-state index contributed by atoms with van der Waals surface area (Å²) in [6.45, 7) is -2.56. The Hall–Kier alpha value is -3.10. The lowest BCUT2D eigenvalue weighted by molar-refractivity contribution is -0.160. The van der Waals surface area contributed by atoms with E-state index >= 15 is 4.39 Å². The lowest BCUT2D eigenvalue weighted by Gasteiger charge is -2.37. The maximum absolute atomic E-state index is 15.4. The first kappa shape index (κ1) is 30.8. The zero-order valence-electron chi connectivity index (χ0n) is 21.2. The summed E-state index contributed by atoms with van der Waals surface area (Å²) < 4.78 is 109. The Morgan fingerprint density at radius 2 is 1.63 bits per heavy atom. The molecule has 2 amide bonds. The third-order valence-corrected chi connectivity index (χ3v) is 9.09. The van der Waals surface area contributed by atoms with Crippen LogP contribution in [0.15, 0.2) is 59.5 Å². The standard InChI is InChI=1S/C26H24ClF6N3O4S/c27-20-5-2-1-4-18(20)19-14-17(26(31,32)33)7-8-21(19)41(39,40)36-12-9-24(28,10-13-36)23(38)34-11-3-6-22(37)35-15-25(29,30)16-35/h1-8,14H,9-13,15-16H2,(H,34,38)/b6-3-. The number of nitrogens with zero attached hydrogens (tertiary/aromatic N) is 2. The first-order valence-corrected chi connectivity index (χ1v) is 14.1. The topological polar surface area (TPSA) is 86.8 Å². The minimum absolute atomic E-state index is 0.0277. The molecule has 0 atom stereocenters. The predicted molar refractivity (Wildman–Crippen MR) is 137 cm³/mol. The molecule has 0 saturated carbocycles. The van der Waals surface area contributed by atoms with E-state index in [0.29, 0.717) is 12.1 Å². The average Bonchev–Trinajstić information content (AvgIpc) is 2.89. The summed E-state index contributed by atoms with van der Waals surface area (Å²) in [7, 11) is -4.44. The van der Waals surface area contributed by atoms with Crippen LogP contribution in [-0.2, 0) is 25.8 Å². The second kappa shape index (κ2) is 11.3. The number of piperidine rings is 1. The van der Waals surface area contributed by atoms with Gasteiger partial charge in [0.1, 0.15) is 0 Å². The van der Waals surface area contributed by atoms with Crippen molar-refractivity contribution in [2.75, 3.05) is 32.7 Å². The molecule has 2 heterocycles. The zero-order valence-corrected chi connectivity index (χ0v) is 22.8. The highest BCUT2D eigenvalue weighted by molar-refractivity contribution is 7.89. The van der Waals surface area contributed by atoms with E-state index in [2.05, 4.69) is 5.32 Å². The number of hydrogen-bond donors (Lipinski definition) is 1. The smallest absolute Gasteiger partial charge is 0.350 e. The van der Waals surface area contributed by atoms with Crippen molar-refractivity contribution in [3.05, 3.63) is 65.2 Å². The van der Waals surface area contributed by atoms with Gasteiger partial charge >= 0.3 is 6.18 Å². The number of nitrogens with one attached hydrogen (secondary N) is 1. The van der Waals surface area contributed by atoms with Crippen LogP contribution < -0.4 is 5.32 Å². The lowest BCUT2D eigenvalue weighted by atomic mass is 9.93. The van der Waals surface area contributed by atoms with Gasteiger partial charge in [0, 0.05) is 54.7 Å². The number of benzene rings is 2. The second-order valence-corrected chi connectivity index (χ2v) is 12.0. The molecule has 0 unspecified atom stereocenters. The first-order valence-electron chi connectivity index (χ1n) is 12.3. The van der Waals surface area contributed by atoms with Crippen LogP contribution in [0.25, 0.3) is 11.1 Å². The Balaban J connectivity index is 1.44. The molecule has 0 aliphatic carbocycles. The molecule has 15 heteroatoms. The Morgan fingerprint density at radius 3 is 2.22 bits per heavy atom. The third-order valence-electron chi connectivity index (χ3n) is 6.81. The van der Waals surface area contributed by atoms with Gasteiger partial charge in [-0.25, -0.2) is 21.6 Å². The summed E-state index contributed by atoms with van der Waals surface area (Å²) in [5.74, 6) is -4.66. The van der Waals surface area contributed by atoms with Crippen molar-refractivity contribution in [2.45, 2.75) is 35.5 Å². The molecule has 2 aromatic rings. The summed E-state index contributed by atoms with van der Waals surface area (Å²) in [5, 5.41) is 2.30. The number of sulfonamides is 1. The van der Waals surface area contributed by atoms with Crippen molar-refractivity contribution in [1.82, 2.24) is 14.5 Å². The molecule has 7 nitrogen and oxygen atoms in total. The number of alkyl halides is 6. The van der Waals surface area contributed by atoms with Crippen LogP contribution in [0.5, 0.6) is 0 Å². The van der Waals surface area contributed by atoms with Gasteiger partial charge in [-0.3, -0.25) is 9.59 Å². The highest BCUT2D eigenvalue weighted by Crippen LogP contribution is 2.40. The van der Waals surface area contributed by atoms with Gasteiger partial charge in [-0.1, -0.05) is 35.9 Å². The van der Waals surface area contributed by atoms with Gasteiger partial charge in [0.05, 0.1) is 23.5 Å². The number of halogens is 7. The van der Waals surface area contributed by atoms with Crippen LogP contribution in [0, 0.1) is 0 Å². The number of likely N-dealkylation sites (tertiary alicyclic amines) is 1. The van der Waals surface area contributed by atoms with Crippen LogP contribution in [0.3, 0.4) is 0 Å². The summed E-state index contributed by atoms with van der Waals surface area (Å²) in [4.78, 5) is 24.7. The van der Waals surface area contributed by atoms with Crippen molar-refractivity contribution >= 4 is 33.4 Å². The van der Waals surface area contributed by atoms with Gasteiger partial charge in [-0.2, -0.15) is 17.5 Å². The minimum Gasteiger partial charge on any atom is -0.350 e. The number of rotatable bonds is 7. The average molecular weight is 624 g/mol. The van der Waals surface area contributed by atoms with E-state index < -0.39 is 89.1 Å². The van der Waals surface area contributed by atoms with Gasteiger partial charge in [-0.15, -0.1) is 0 Å². The van der Waals surface area contributed by atoms with Crippen LogP contribution in [0.2, 0.25) is 5.02 Å². The number of carbonyl (C=O) groups is 2. The summed E-state index contributed by atoms with van der Waals surface area (Å²) >= 11 is 6.17. The molecule has 0 aromatic heterocycles. The van der Waals surface area contributed by atoms with E-state index in [1.807, 2.05) is 0 Å². The Labute approximate surface area is 236 Å². The molecule has 1 N–H and O–H groups in total. The van der Waals surface area contributed by atoms with E-state index in [-0.39, 0.29) is 22.7 Å². The molecule has 0 bridgehead atoms. The summed E-state index contributed by atoms with van der Waals surface area (Å²) in [6.07, 6.45) is -3.66. The van der Waals surface area contributed by atoms with Crippen molar-refractivity contribution in [1.29, 1.82) is 0 Å². The lowest BCUT2D eigenvalue weighted by Crippen LogP contribution is -2.58. The normalized spacial score (nSPS) is 19.1. The Bertz CT molecular complexity index is 1470. The molecule has 222 valence electrons. The van der Waals surface area contributed by atoms with Crippen LogP contribution >= 0.6 is 11.6 Å².